The van der Waals surface area contributed by atoms with Crippen LogP contribution in [0.3, 0.4) is 0 Å². The van der Waals surface area contributed by atoms with Crippen molar-refractivity contribution in [2.45, 2.75) is 72.1 Å². The Morgan fingerprint density at radius 3 is 2.28 bits per heavy atom. The van der Waals surface area contributed by atoms with Gasteiger partial charge in [0.15, 0.2) is 5.78 Å². The second-order valence-corrected chi connectivity index (χ2v) is 9.56. The van der Waals surface area contributed by atoms with Crippen LogP contribution in [0, 0.1) is 5.41 Å². The summed E-state index contributed by atoms with van der Waals surface area (Å²) in [6.45, 7) is 7.12. The number of hydrogen-bond acceptors (Lipinski definition) is 5. The molecule has 3 rings (SSSR count). The largest absolute Gasteiger partial charge is 0.511 e. The van der Waals surface area contributed by atoms with E-state index in [1.54, 1.807) is 24.3 Å². The van der Waals surface area contributed by atoms with Gasteiger partial charge in [0.25, 0.3) is 11.8 Å². The molecule has 172 valence electrons. The molecule has 0 bridgehead atoms. The fourth-order valence-electron chi connectivity index (χ4n) is 4.48. The van der Waals surface area contributed by atoms with Gasteiger partial charge in [-0.15, -0.1) is 0 Å². The van der Waals surface area contributed by atoms with E-state index in [0.717, 1.165) is 19.3 Å². The summed E-state index contributed by atoms with van der Waals surface area (Å²) in [5, 5.41) is 10.8. The number of unbranched alkanes of at least 4 members (excludes halogenated alkanes) is 3. The van der Waals surface area contributed by atoms with Crippen molar-refractivity contribution in [2.24, 2.45) is 10.4 Å². The molecule has 1 aromatic rings. The Morgan fingerprint density at radius 2 is 1.66 bits per heavy atom. The molecule has 0 saturated heterocycles. The smallest absolute Gasteiger partial charge is 0.261 e. The maximum absolute atomic E-state index is 12.9. The van der Waals surface area contributed by atoms with Crippen LogP contribution in [-0.4, -0.2) is 46.4 Å². The Morgan fingerprint density at radius 1 is 1.00 bits per heavy atom. The molecule has 0 unspecified atom stereocenters. The number of ketones is 1. The average Bonchev–Trinajstić information content (AvgIpc) is 2.97. The number of amides is 2. The highest BCUT2D eigenvalue weighted by Crippen LogP contribution is 2.36. The van der Waals surface area contributed by atoms with Crippen LogP contribution in [0.5, 0.6) is 0 Å². The lowest BCUT2D eigenvalue weighted by molar-refractivity contribution is -0.117. The first-order valence-corrected chi connectivity index (χ1v) is 11.7. The van der Waals surface area contributed by atoms with Crippen LogP contribution < -0.4 is 0 Å². The van der Waals surface area contributed by atoms with E-state index >= 15 is 0 Å². The van der Waals surface area contributed by atoms with Crippen molar-refractivity contribution in [1.82, 2.24) is 4.90 Å². The van der Waals surface area contributed by atoms with Gasteiger partial charge in [-0.3, -0.25) is 24.3 Å². The van der Waals surface area contributed by atoms with E-state index in [9.17, 15) is 19.5 Å². The standard InChI is InChI=1S/C26H34N2O4/c1-4-5-6-9-14-27-20-16-26(2,3)17-22(30)23(20)21(29)13-10-15-28-24(31)18-11-7-8-12-19(18)25(28)32/h7-8,11-12,29H,4-6,9-10,13-17H2,1-3H3/b23-21-,27-20?. The summed E-state index contributed by atoms with van der Waals surface area (Å²) < 4.78 is 0. The maximum Gasteiger partial charge on any atom is 0.261 e. The van der Waals surface area contributed by atoms with E-state index in [0.29, 0.717) is 48.2 Å². The Labute approximate surface area is 190 Å². The summed E-state index contributed by atoms with van der Waals surface area (Å²) in [7, 11) is 0. The predicted molar refractivity (Wildman–Crippen MR) is 125 cm³/mol. The maximum atomic E-state index is 12.9. The number of aliphatic imine (C=N–C) groups is 1. The molecule has 2 amide bonds. The first-order valence-electron chi connectivity index (χ1n) is 11.7. The summed E-state index contributed by atoms with van der Waals surface area (Å²) in [6.07, 6.45) is 6.05. The fraction of sp³-hybridized carbons (Fsp3) is 0.538. The molecule has 6 nitrogen and oxygen atoms in total. The molecule has 0 atom stereocenters. The lowest BCUT2D eigenvalue weighted by Crippen LogP contribution is -2.33. The van der Waals surface area contributed by atoms with Gasteiger partial charge in [-0.1, -0.05) is 52.2 Å². The summed E-state index contributed by atoms with van der Waals surface area (Å²) >= 11 is 0. The highest BCUT2D eigenvalue weighted by Gasteiger charge is 2.37. The number of fused-ring (bicyclic) bond motifs is 1. The third-order valence-electron chi connectivity index (χ3n) is 6.13. The van der Waals surface area contributed by atoms with Crippen molar-refractivity contribution in [3.63, 3.8) is 0 Å². The Bertz CT molecular complexity index is 923. The van der Waals surface area contributed by atoms with Gasteiger partial charge in [-0.05, 0) is 36.8 Å². The average molecular weight is 439 g/mol. The van der Waals surface area contributed by atoms with Crippen LogP contribution in [0.25, 0.3) is 0 Å². The highest BCUT2D eigenvalue weighted by atomic mass is 16.3. The lowest BCUT2D eigenvalue weighted by Gasteiger charge is -2.31. The summed E-state index contributed by atoms with van der Waals surface area (Å²) in [6, 6.07) is 6.79. The number of nitrogens with zero attached hydrogens (tertiary/aromatic N) is 2. The molecular formula is C26H34N2O4. The second-order valence-electron chi connectivity index (χ2n) is 9.56. The van der Waals surface area contributed by atoms with Crippen LogP contribution in [0.2, 0.25) is 0 Å². The third-order valence-corrected chi connectivity index (χ3v) is 6.13. The van der Waals surface area contributed by atoms with Crippen molar-refractivity contribution >= 4 is 23.3 Å². The Balaban J connectivity index is 1.68. The van der Waals surface area contributed by atoms with Gasteiger partial charge in [0, 0.05) is 31.6 Å². The van der Waals surface area contributed by atoms with Crippen molar-refractivity contribution in [3.05, 3.63) is 46.7 Å². The van der Waals surface area contributed by atoms with Gasteiger partial charge in [-0.25, -0.2) is 0 Å². The van der Waals surface area contributed by atoms with Crippen LogP contribution >= 0.6 is 0 Å². The number of imide groups is 1. The zero-order valence-electron chi connectivity index (χ0n) is 19.4. The molecule has 6 heteroatoms. The molecule has 1 aromatic carbocycles. The molecule has 1 heterocycles. The summed E-state index contributed by atoms with van der Waals surface area (Å²) in [5.74, 6) is -0.661. The molecule has 32 heavy (non-hydrogen) atoms. The monoisotopic (exact) mass is 438 g/mol. The normalized spacial score (nSPS) is 20.8. The van der Waals surface area contributed by atoms with Crippen LogP contribution in [0.1, 0.15) is 92.9 Å². The molecule has 1 N–H and O–H groups in total. The number of rotatable bonds is 9. The van der Waals surface area contributed by atoms with Gasteiger partial charge < -0.3 is 5.11 Å². The van der Waals surface area contributed by atoms with Gasteiger partial charge >= 0.3 is 0 Å². The van der Waals surface area contributed by atoms with E-state index < -0.39 is 0 Å². The minimum atomic E-state index is -0.303. The number of aliphatic hydroxyl groups excluding tert-OH is 1. The number of Topliss-reactive ketones (excluding diaryl/α,β-unsaturated/α-hetero) is 1. The molecule has 1 aliphatic heterocycles. The van der Waals surface area contributed by atoms with Gasteiger partial charge in [0.1, 0.15) is 5.76 Å². The van der Waals surface area contributed by atoms with E-state index in [2.05, 4.69) is 6.92 Å². The summed E-state index contributed by atoms with van der Waals surface area (Å²) in [5.41, 5.74) is 1.70. The number of carbonyl (C=O) groups is 3. The highest BCUT2D eigenvalue weighted by molar-refractivity contribution is 6.24. The van der Waals surface area contributed by atoms with Crippen molar-refractivity contribution in [2.75, 3.05) is 13.1 Å². The minimum absolute atomic E-state index is 0.0226. The van der Waals surface area contributed by atoms with Gasteiger partial charge in [0.05, 0.1) is 16.7 Å². The number of benzene rings is 1. The third kappa shape index (κ3) is 5.34. The number of aliphatic hydroxyl groups is 1. The molecule has 0 spiro atoms. The first kappa shape index (κ1) is 23.9. The first-order chi connectivity index (χ1) is 15.2. The predicted octanol–water partition coefficient (Wildman–Crippen LogP) is 5.29. The zero-order chi connectivity index (χ0) is 23.3. The van der Waals surface area contributed by atoms with E-state index in [-0.39, 0.29) is 41.7 Å². The Hall–Kier alpha value is -2.76. The van der Waals surface area contributed by atoms with Crippen molar-refractivity contribution in [3.8, 4) is 0 Å². The SMILES string of the molecule is CCCCCCN=C1CC(C)(C)CC(=O)/C1=C(\O)CCCN1C(=O)c2ccccc2C1=O. The fourth-order valence-corrected chi connectivity index (χ4v) is 4.48. The molecule has 1 aliphatic carbocycles. The zero-order valence-corrected chi connectivity index (χ0v) is 19.4. The van der Waals surface area contributed by atoms with Crippen LogP contribution in [-0.2, 0) is 4.79 Å². The van der Waals surface area contributed by atoms with Crippen molar-refractivity contribution in [1.29, 1.82) is 0 Å². The number of carbonyl (C=O) groups excluding carboxylic acids is 3. The molecule has 2 aliphatic rings. The number of hydrogen-bond donors (Lipinski definition) is 1. The quantitative estimate of drug-likeness (QED) is 0.246. The van der Waals surface area contributed by atoms with Gasteiger partial charge in [0.2, 0.25) is 0 Å². The molecular weight excluding hydrogens is 404 g/mol. The van der Waals surface area contributed by atoms with E-state index in [1.165, 1.54) is 11.3 Å². The van der Waals surface area contributed by atoms with E-state index in [4.69, 9.17) is 4.99 Å². The molecule has 1 saturated carbocycles. The molecule has 0 radical (unpaired) electrons. The minimum Gasteiger partial charge on any atom is -0.511 e. The van der Waals surface area contributed by atoms with Gasteiger partial charge in [-0.2, -0.15) is 0 Å². The second kappa shape index (κ2) is 10.2. The van der Waals surface area contributed by atoms with Crippen LogP contribution in [0.15, 0.2) is 40.6 Å². The lowest BCUT2D eigenvalue weighted by atomic mass is 9.73. The molecule has 0 aromatic heterocycles. The molecule has 1 fully saturated rings. The Kier molecular flexibility index (Phi) is 7.64. The summed E-state index contributed by atoms with van der Waals surface area (Å²) in [4.78, 5) is 43.8. The van der Waals surface area contributed by atoms with Crippen LogP contribution in [0.4, 0.5) is 0 Å². The topological polar surface area (TPSA) is 87.0 Å². The van der Waals surface area contributed by atoms with E-state index in [1.807, 2.05) is 13.8 Å². The van der Waals surface area contributed by atoms with Crippen molar-refractivity contribution < 1.29 is 19.5 Å². The number of allylic oxidation sites excluding steroid dienone is 2.